The van der Waals surface area contributed by atoms with E-state index in [4.69, 9.17) is 7.85 Å². The number of pyridine rings is 1. The van der Waals surface area contributed by atoms with Gasteiger partial charge < -0.3 is 10.6 Å². The molecule has 1 fully saturated rings. The highest BCUT2D eigenvalue weighted by atomic mass is 32.1. The van der Waals surface area contributed by atoms with Gasteiger partial charge in [0.05, 0.1) is 4.88 Å². The van der Waals surface area contributed by atoms with Gasteiger partial charge in [0.1, 0.15) is 18.7 Å². The molecule has 0 saturated heterocycles. The molecule has 1 aliphatic rings. The molecular weight excluding hydrogens is 378 g/mol. The van der Waals surface area contributed by atoms with E-state index in [0.717, 1.165) is 24.2 Å². The number of alkyl halides is 3. The van der Waals surface area contributed by atoms with E-state index in [2.05, 4.69) is 25.9 Å². The van der Waals surface area contributed by atoms with Crippen LogP contribution in [0.5, 0.6) is 0 Å². The maximum Gasteiger partial charge on any atom is 0.434 e. The van der Waals surface area contributed by atoms with E-state index in [0.29, 0.717) is 12.1 Å². The molecule has 2 aromatic heterocycles. The molecule has 11 heteroatoms. The van der Waals surface area contributed by atoms with Crippen LogP contribution in [0.2, 0.25) is 0 Å². The van der Waals surface area contributed by atoms with Gasteiger partial charge in [-0.1, -0.05) is 5.46 Å². The number of aromatic nitrogens is 2. The second-order valence-corrected chi connectivity index (χ2v) is 7.17. The number of hydrogen-bond acceptors (Lipinski definition) is 5. The minimum absolute atomic E-state index is 0.103. The van der Waals surface area contributed by atoms with E-state index in [9.17, 15) is 18.0 Å². The topological polar surface area (TPSA) is 78.9 Å². The predicted molar refractivity (Wildman–Crippen MR) is 98.3 cm³/mol. The van der Waals surface area contributed by atoms with Gasteiger partial charge in [-0.3, -0.25) is 5.32 Å². The number of carbonyl (C=O) groups excluding carboxylic acids is 1. The number of urea groups is 1. The third kappa shape index (κ3) is 4.98. The lowest BCUT2D eigenvalue weighted by Crippen LogP contribution is -2.28. The Kier molecular flexibility index (Phi) is 5.71. The Labute approximate surface area is 159 Å². The van der Waals surface area contributed by atoms with Crippen LogP contribution >= 0.6 is 11.3 Å². The van der Waals surface area contributed by atoms with E-state index in [1.54, 1.807) is 6.92 Å². The zero-order chi connectivity index (χ0) is 19.6. The standard InChI is InChI=1S/C16H17BF3N5OS/c1-2-21-15(26)24-12-5-9(10(17)6-23-12)14-25-13(16(18,19)20)11(27-14)7-22-8-3-4-8/h5-6,8,22H,2-4,7H2,1H3,(H2,21,23,24,26). The summed E-state index contributed by atoms with van der Waals surface area (Å²) in [6, 6.07) is 1.22. The summed E-state index contributed by atoms with van der Waals surface area (Å²) < 4.78 is 40.1. The average molecular weight is 395 g/mol. The molecule has 2 heterocycles. The van der Waals surface area contributed by atoms with Crippen LogP contribution in [-0.2, 0) is 12.7 Å². The molecule has 1 aliphatic carbocycles. The number of rotatable bonds is 6. The highest BCUT2D eigenvalue weighted by molar-refractivity contribution is 7.15. The third-order valence-electron chi connectivity index (χ3n) is 3.84. The van der Waals surface area contributed by atoms with Crippen LogP contribution in [0.15, 0.2) is 12.3 Å². The summed E-state index contributed by atoms with van der Waals surface area (Å²) in [6.07, 6.45) is -1.33. The number of carbonyl (C=O) groups is 1. The van der Waals surface area contributed by atoms with Gasteiger partial charge in [0.25, 0.3) is 0 Å². The SMILES string of the molecule is [B]c1cnc(NC(=O)NCC)cc1-c1nc(C(F)(F)F)c(CNC2CC2)s1. The number of nitrogens with one attached hydrogen (secondary N) is 3. The number of nitrogens with zero attached hydrogens (tertiary/aromatic N) is 2. The van der Waals surface area contributed by atoms with Gasteiger partial charge in [-0.15, -0.1) is 11.3 Å². The number of amides is 2. The second kappa shape index (κ2) is 7.85. The quantitative estimate of drug-likeness (QED) is 0.657. The fourth-order valence-electron chi connectivity index (χ4n) is 2.37. The lowest BCUT2D eigenvalue weighted by Gasteiger charge is -2.08. The number of anilines is 1. The van der Waals surface area contributed by atoms with Gasteiger partial charge in [-0.05, 0) is 25.8 Å². The molecule has 0 atom stereocenters. The first kappa shape index (κ1) is 19.6. The Bertz CT molecular complexity index is 838. The molecule has 3 N–H and O–H groups in total. The molecule has 0 bridgehead atoms. The van der Waals surface area contributed by atoms with Crippen molar-refractivity contribution < 1.29 is 18.0 Å². The van der Waals surface area contributed by atoms with E-state index >= 15 is 0 Å². The molecule has 3 rings (SSSR count). The summed E-state index contributed by atoms with van der Waals surface area (Å²) >= 11 is 0.932. The van der Waals surface area contributed by atoms with Crippen molar-refractivity contribution in [3.63, 3.8) is 0 Å². The van der Waals surface area contributed by atoms with Crippen molar-refractivity contribution in [2.45, 2.75) is 38.5 Å². The van der Waals surface area contributed by atoms with E-state index in [1.807, 2.05) is 0 Å². The molecule has 2 radical (unpaired) electrons. The highest BCUT2D eigenvalue weighted by Gasteiger charge is 2.38. The van der Waals surface area contributed by atoms with Crippen molar-refractivity contribution in [3.05, 3.63) is 22.8 Å². The van der Waals surface area contributed by atoms with Crippen molar-refractivity contribution in [3.8, 4) is 10.6 Å². The number of thiazole rings is 1. The first-order valence-electron chi connectivity index (χ1n) is 8.39. The van der Waals surface area contributed by atoms with E-state index in [-0.39, 0.29) is 33.8 Å². The second-order valence-electron chi connectivity index (χ2n) is 6.08. The number of halogens is 3. The summed E-state index contributed by atoms with van der Waals surface area (Å²) in [5, 5.41) is 8.26. The molecule has 0 unspecified atom stereocenters. The third-order valence-corrected chi connectivity index (χ3v) is 4.93. The highest BCUT2D eigenvalue weighted by Crippen LogP contribution is 2.38. The van der Waals surface area contributed by atoms with Crippen molar-refractivity contribution >= 4 is 36.5 Å². The van der Waals surface area contributed by atoms with Crippen molar-refractivity contribution in [2.75, 3.05) is 11.9 Å². The lowest BCUT2D eigenvalue weighted by molar-refractivity contribution is -0.141. The molecule has 6 nitrogen and oxygen atoms in total. The van der Waals surface area contributed by atoms with Gasteiger partial charge >= 0.3 is 12.2 Å². The summed E-state index contributed by atoms with van der Waals surface area (Å²) in [4.78, 5) is 19.5. The largest absolute Gasteiger partial charge is 0.434 e. The van der Waals surface area contributed by atoms with Gasteiger partial charge in [-0.2, -0.15) is 13.2 Å². The Morgan fingerprint density at radius 1 is 1.41 bits per heavy atom. The van der Waals surface area contributed by atoms with Gasteiger partial charge in [0, 0.05) is 30.9 Å². The molecule has 27 heavy (non-hydrogen) atoms. The van der Waals surface area contributed by atoms with Gasteiger partial charge in [0.15, 0.2) is 5.69 Å². The molecule has 0 aliphatic heterocycles. The van der Waals surface area contributed by atoms with Crippen LogP contribution in [0.4, 0.5) is 23.8 Å². The van der Waals surface area contributed by atoms with Crippen molar-refractivity contribution in [1.82, 2.24) is 20.6 Å². The fourth-order valence-corrected chi connectivity index (χ4v) is 3.44. The minimum Gasteiger partial charge on any atom is -0.338 e. The first-order valence-corrected chi connectivity index (χ1v) is 9.20. The summed E-state index contributed by atoms with van der Waals surface area (Å²) in [6.45, 7) is 2.28. The summed E-state index contributed by atoms with van der Waals surface area (Å²) in [5.41, 5.74) is -0.435. The zero-order valence-electron chi connectivity index (χ0n) is 14.5. The smallest absolute Gasteiger partial charge is 0.338 e. The minimum atomic E-state index is -4.56. The zero-order valence-corrected chi connectivity index (χ0v) is 15.3. The molecule has 0 aromatic carbocycles. The van der Waals surface area contributed by atoms with Gasteiger partial charge in [0.2, 0.25) is 0 Å². The van der Waals surface area contributed by atoms with Crippen LogP contribution in [0.1, 0.15) is 30.3 Å². The molecule has 2 amide bonds. The van der Waals surface area contributed by atoms with Crippen LogP contribution in [0.25, 0.3) is 10.6 Å². The van der Waals surface area contributed by atoms with Crippen LogP contribution in [-0.4, -0.2) is 36.4 Å². The fraction of sp³-hybridized carbons (Fsp3) is 0.438. The van der Waals surface area contributed by atoms with Gasteiger partial charge in [-0.25, -0.2) is 14.8 Å². The number of hydrogen-bond donors (Lipinski definition) is 3. The molecule has 0 spiro atoms. The average Bonchev–Trinajstić information content (AvgIpc) is 3.31. The maximum atomic E-state index is 13.4. The molecule has 142 valence electrons. The Balaban J connectivity index is 1.91. The Hall–Kier alpha value is -2.14. The molecule has 1 saturated carbocycles. The normalized spacial score (nSPS) is 14.2. The lowest BCUT2D eigenvalue weighted by atomic mass is 9.93. The Morgan fingerprint density at radius 3 is 2.78 bits per heavy atom. The van der Waals surface area contributed by atoms with E-state index in [1.165, 1.54) is 12.3 Å². The van der Waals surface area contributed by atoms with Crippen LogP contribution < -0.4 is 21.4 Å². The summed E-state index contributed by atoms with van der Waals surface area (Å²) in [7, 11) is 5.89. The van der Waals surface area contributed by atoms with Crippen molar-refractivity contribution in [2.24, 2.45) is 0 Å². The monoisotopic (exact) mass is 395 g/mol. The molecular formula is C16H17BF3N5OS. The van der Waals surface area contributed by atoms with Crippen molar-refractivity contribution in [1.29, 1.82) is 0 Å². The summed E-state index contributed by atoms with van der Waals surface area (Å²) in [5.74, 6) is 0.173. The predicted octanol–water partition coefficient (Wildman–Crippen LogP) is 2.41. The molecule has 2 aromatic rings. The first-order chi connectivity index (χ1) is 12.8. The maximum absolute atomic E-state index is 13.4. The van der Waals surface area contributed by atoms with Crippen LogP contribution in [0.3, 0.4) is 0 Å². The van der Waals surface area contributed by atoms with Crippen LogP contribution in [0, 0.1) is 0 Å². The Morgan fingerprint density at radius 2 is 2.15 bits per heavy atom. The van der Waals surface area contributed by atoms with E-state index < -0.39 is 17.9 Å².